The summed E-state index contributed by atoms with van der Waals surface area (Å²) in [6.07, 6.45) is 9.20. The van der Waals surface area contributed by atoms with Crippen LogP contribution in [0.3, 0.4) is 0 Å². The zero-order chi connectivity index (χ0) is 25.5. The molecule has 0 fully saturated rings. The Morgan fingerprint density at radius 2 is 1.53 bits per heavy atom. The topological polar surface area (TPSA) is 55.7 Å². The van der Waals surface area contributed by atoms with E-state index in [1.807, 2.05) is 19.1 Å². The third-order valence-electron chi connectivity index (χ3n) is 7.35. The molecule has 6 heteroatoms. The van der Waals surface area contributed by atoms with Crippen molar-refractivity contribution in [2.24, 2.45) is 4.40 Å². The van der Waals surface area contributed by atoms with Crippen LogP contribution in [0.25, 0.3) is 0 Å². The molecule has 1 aliphatic carbocycles. The minimum Gasteiger partial charge on any atom is -0.409 e. The van der Waals surface area contributed by atoms with E-state index in [1.165, 1.54) is 19.3 Å². The number of hydrogen-bond acceptors (Lipinski definition) is 3. The van der Waals surface area contributed by atoms with Crippen molar-refractivity contribution in [2.45, 2.75) is 128 Å². The van der Waals surface area contributed by atoms with Crippen molar-refractivity contribution in [3.05, 3.63) is 41.5 Å². The second kappa shape index (κ2) is 12.6. The molecule has 0 heterocycles. The van der Waals surface area contributed by atoms with E-state index in [1.54, 1.807) is 12.1 Å². The Morgan fingerprint density at radius 1 is 0.941 bits per heavy atom. The van der Waals surface area contributed by atoms with E-state index < -0.39 is 18.3 Å². The maximum absolute atomic E-state index is 13.1. The van der Waals surface area contributed by atoms with Gasteiger partial charge in [0.25, 0.3) is 10.0 Å². The second-order valence-corrected chi connectivity index (χ2v) is 17.8. The van der Waals surface area contributed by atoms with Crippen molar-refractivity contribution in [1.82, 2.24) is 0 Å². The van der Waals surface area contributed by atoms with E-state index in [2.05, 4.69) is 58.9 Å². The fourth-order valence-corrected chi connectivity index (χ4v) is 12.3. The lowest BCUT2D eigenvalue weighted by molar-refractivity contribution is 0.197. The highest BCUT2D eigenvalue weighted by Crippen LogP contribution is 2.45. The van der Waals surface area contributed by atoms with Crippen LogP contribution in [0.2, 0.25) is 16.6 Å². The molecule has 1 atom stereocenters. The first-order valence-electron chi connectivity index (χ1n) is 13.2. The zero-order valence-corrected chi connectivity index (χ0v) is 24.5. The zero-order valence-electron chi connectivity index (χ0n) is 22.7. The first-order chi connectivity index (χ1) is 16.0. The van der Waals surface area contributed by atoms with Crippen LogP contribution in [0.4, 0.5) is 0 Å². The van der Waals surface area contributed by atoms with Crippen molar-refractivity contribution in [3.63, 3.8) is 0 Å². The normalized spacial score (nSPS) is 17.3. The molecule has 1 aromatic carbocycles. The molecule has 1 aliphatic rings. The first kappa shape index (κ1) is 29.0. The summed E-state index contributed by atoms with van der Waals surface area (Å²) in [6.45, 7) is 18.0. The molecule has 1 aromatic rings. The minimum absolute atomic E-state index is 0.0785. The van der Waals surface area contributed by atoms with E-state index in [-0.39, 0.29) is 11.0 Å². The van der Waals surface area contributed by atoms with E-state index in [0.29, 0.717) is 28.8 Å². The fraction of sp³-hybridized carbons (Fsp3) is 0.679. The quantitative estimate of drug-likeness (QED) is 0.200. The van der Waals surface area contributed by atoms with E-state index >= 15 is 0 Å². The maximum Gasteiger partial charge on any atom is 0.282 e. The smallest absolute Gasteiger partial charge is 0.282 e. The largest absolute Gasteiger partial charge is 0.409 e. The Kier molecular flexibility index (Phi) is 10.8. The standard InChI is InChI=1S/C28H47NO3SSi/c1-9-10-11-12-16-28(32-34(21(2)3,22(4)5)23(6)7)26-14-13-15-27(26)29-33(30,31)25-19-17-24(8)18-20-25/h14,17-23,28H,9-13,15-16H2,1-8H3/b29-27+. The summed E-state index contributed by atoms with van der Waals surface area (Å²) in [6, 6.07) is 6.96. The van der Waals surface area contributed by atoms with Gasteiger partial charge in [0.2, 0.25) is 8.32 Å². The monoisotopic (exact) mass is 505 g/mol. The molecule has 1 unspecified atom stereocenters. The molecule has 192 valence electrons. The number of hydrogen-bond donors (Lipinski definition) is 0. The van der Waals surface area contributed by atoms with Crippen molar-refractivity contribution < 1.29 is 12.8 Å². The van der Waals surface area contributed by atoms with E-state index in [9.17, 15) is 8.42 Å². The highest BCUT2D eigenvalue weighted by molar-refractivity contribution is 7.90. The molecule has 34 heavy (non-hydrogen) atoms. The van der Waals surface area contributed by atoms with Crippen LogP contribution in [-0.2, 0) is 14.4 Å². The van der Waals surface area contributed by atoms with Crippen LogP contribution in [0.5, 0.6) is 0 Å². The predicted molar refractivity (Wildman–Crippen MR) is 148 cm³/mol. The molecular formula is C28H47NO3SSi. The van der Waals surface area contributed by atoms with Gasteiger partial charge in [-0.1, -0.05) is 97.9 Å². The third kappa shape index (κ3) is 6.92. The van der Waals surface area contributed by atoms with Gasteiger partial charge in [-0.15, -0.1) is 0 Å². The van der Waals surface area contributed by atoms with Gasteiger partial charge in [0.1, 0.15) is 0 Å². The summed E-state index contributed by atoms with van der Waals surface area (Å²) < 4.78 is 37.9. The number of benzene rings is 1. The van der Waals surface area contributed by atoms with Crippen molar-refractivity contribution in [1.29, 1.82) is 0 Å². The van der Waals surface area contributed by atoms with Crippen LogP contribution in [0.15, 0.2) is 45.2 Å². The lowest BCUT2D eigenvalue weighted by Crippen LogP contribution is -2.50. The summed E-state index contributed by atoms with van der Waals surface area (Å²) >= 11 is 0. The van der Waals surface area contributed by atoms with E-state index in [0.717, 1.165) is 30.4 Å². The third-order valence-corrected chi connectivity index (χ3v) is 14.8. The molecule has 0 aromatic heterocycles. The van der Waals surface area contributed by atoms with Gasteiger partial charge < -0.3 is 4.43 Å². The SMILES string of the molecule is CCCCCCC(O[Si](C(C)C)(C(C)C)C(C)C)C1=CCC/C1=N\S(=O)(=O)c1ccc(C)cc1. The molecule has 0 saturated heterocycles. The van der Waals surface area contributed by atoms with Crippen LogP contribution in [0, 0.1) is 6.92 Å². The lowest BCUT2D eigenvalue weighted by atomic mass is 10.0. The number of rotatable bonds is 13. The van der Waals surface area contributed by atoms with E-state index in [4.69, 9.17) is 4.43 Å². The van der Waals surface area contributed by atoms with Crippen molar-refractivity contribution >= 4 is 24.1 Å². The van der Waals surface area contributed by atoms with Crippen LogP contribution >= 0.6 is 0 Å². The Hall–Kier alpha value is -1.24. The van der Waals surface area contributed by atoms with Crippen molar-refractivity contribution in [2.75, 3.05) is 0 Å². The summed E-state index contributed by atoms with van der Waals surface area (Å²) in [7, 11) is -5.88. The number of nitrogens with zero attached hydrogens (tertiary/aromatic N) is 1. The molecular weight excluding hydrogens is 458 g/mol. The van der Waals surface area contributed by atoms with Gasteiger partial charge in [0, 0.05) is 0 Å². The molecule has 0 spiro atoms. The summed E-state index contributed by atoms with van der Waals surface area (Å²) in [5, 5.41) is 0. The first-order valence-corrected chi connectivity index (χ1v) is 16.8. The minimum atomic E-state index is -3.75. The molecule has 0 bridgehead atoms. The van der Waals surface area contributed by atoms with Gasteiger partial charge in [-0.3, -0.25) is 0 Å². The fourth-order valence-electron chi connectivity index (χ4n) is 5.64. The van der Waals surface area contributed by atoms with Crippen molar-refractivity contribution in [3.8, 4) is 0 Å². The highest BCUT2D eigenvalue weighted by Gasteiger charge is 2.47. The molecule has 0 amide bonds. The lowest BCUT2D eigenvalue weighted by Gasteiger charge is -2.45. The van der Waals surface area contributed by atoms with Gasteiger partial charge in [-0.05, 0) is 60.5 Å². The van der Waals surface area contributed by atoms with Crippen LogP contribution in [-0.4, -0.2) is 28.6 Å². The number of unbranched alkanes of at least 4 members (excludes halogenated alkanes) is 3. The number of allylic oxidation sites excluding steroid dienone is 1. The molecule has 0 radical (unpaired) electrons. The Labute approximate surface area is 210 Å². The van der Waals surface area contributed by atoms with Gasteiger partial charge in [0.15, 0.2) is 0 Å². The molecule has 2 rings (SSSR count). The average Bonchev–Trinajstić information content (AvgIpc) is 3.20. The van der Waals surface area contributed by atoms with Gasteiger partial charge in [0.05, 0.1) is 16.7 Å². The van der Waals surface area contributed by atoms with Gasteiger partial charge in [-0.25, -0.2) is 0 Å². The maximum atomic E-state index is 13.1. The molecule has 0 aliphatic heterocycles. The second-order valence-electron chi connectivity index (χ2n) is 10.8. The number of aryl methyl sites for hydroxylation is 1. The molecule has 0 saturated carbocycles. The summed E-state index contributed by atoms with van der Waals surface area (Å²) in [5.74, 6) is 0. The Morgan fingerprint density at radius 3 is 2.06 bits per heavy atom. The summed E-state index contributed by atoms with van der Waals surface area (Å²) in [5.41, 5.74) is 4.18. The Balaban J connectivity index is 2.44. The van der Waals surface area contributed by atoms with Gasteiger partial charge >= 0.3 is 0 Å². The predicted octanol–water partition coefficient (Wildman–Crippen LogP) is 8.38. The Bertz CT molecular complexity index is 925. The number of sulfonamides is 1. The molecule has 4 nitrogen and oxygen atoms in total. The highest BCUT2D eigenvalue weighted by atomic mass is 32.2. The summed E-state index contributed by atoms with van der Waals surface area (Å²) in [4.78, 5) is 0.257. The average molecular weight is 506 g/mol. The van der Waals surface area contributed by atoms with Crippen LogP contribution < -0.4 is 0 Å². The van der Waals surface area contributed by atoms with Crippen LogP contribution in [0.1, 0.15) is 99.0 Å². The van der Waals surface area contributed by atoms with Gasteiger partial charge in [-0.2, -0.15) is 12.8 Å². The molecule has 0 N–H and O–H groups in total.